The highest BCUT2D eigenvalue weighted by Crippen LogP contribution is 2.22. The standard InChI is InChI=1S/C33H35N3O3.CO2/c34-30(22-26-10-5-2-6-11-26)33(39)36-31-20-17-28(23-27(31)16-13-25-14-18-29(37)19-15-25)32(38)35-21-7-12-24-8-3-1-4-9-24;2-1-3/h1-6,8-11,14-15,17-20,23,30,37H,7,12-13,16,21-22,34H2,(H,35,38)(H,36,39);/t30-;/m0./s1. The zero-order chi connectivity index (χ0) is 30.2. The number of carbonyl (C=O) groups is 2. The Kier molecular flexibility index (Phi) is 12.7. The van der Waals surface area contributed by atoms with Gasteiger partial charge in [0.25, 0.3) is 5.91 Å². The third-order valence-corrected chi connectivity index (χ3v) is 6.65. The molecular weight excluding hydrogens is 530 g/mol. The fourth-order valence-electron chi connectivity index (χ4n) is 4.43. The second-order valence-electron chi connectivity index (χ2n) is 9.75. The molecule has 0 fully saturated rings. The Balaban J connectivity index is 0.00000155. The number of carbonyl (C=O) groups excluding carboxylic acids is 4. The van der Waals surface area contributed by atoms with Crippen LogP contribution in [0, 0.1) is 0 Å². The lowest BCUT2D eigenvalue weighted by atomic mass is 9.99. The first-order valence-corrected chi connectivity index (χ1v) is 13.7. The van der Waals surface area contributed by atoms with Crippen LogP contribution in [-0.2, 0) is 40.1 Å². The highest BCUT2D eigenvalue weighted by molar-refractivity contribution is 5.98. The molecule has 4 rings (SSSR count). The number of phenolic OH excluding ortho intramolecular Hbond substituents is 1. The van der Waals surface area contributed by atoms with Crippen LogP contribution >= 0.6 is 0 Å². The third-order valence-electron chi connectivity index (χ3n) is 6.65. The van der Waals surface area contributed by atoms with E-state index in [-0.39, 0.29) is 23.7 Å². The summed E-state index contributed by atoms with van der Waals surface area (Å²) >= 11 is 0. The molecular formula is C34H35N3O5. The fourth-order valence-corrected chi connectivity index (χ4v) is 4.43. The predicted molar refractivity (Wildman–Crippen MR) is 161 cm³/mol. The Morgan fingerprint density at radius 3 is 2.00 bits per heavy atom. The van der Waals surface area contributed by atoms with E-state index < -0.39 is 6.04 Å². The number of phenols is 1. The number of aromatic hydroxyl groups is 1. The quantitative estimate of drug-likeness (QED) is 0.187. The van der Waals surface area contributed by atoms with Crippen molar-refractivity contribution in [3.8, 4) is 5.75 Å². The van der Waals surface area contributed by atoms with Crippen LogP contribution in [0.25, 0.3) is 0 Å². The average Bonchev–Trinajstić information content (AvgIpc) is 3.01. The van der Waals surface area contributed by atoms with Crippen molar-refractivity contribution in [3.05, 3.63) is 131 Å². The molecule has 5 N–H and O–H groups in total. The number of nitrogens with one attached hydrogen (secondary N) is 2. The molecule has 8 nitrogen and oxygen atoms in total. The Hall–Kier alpha value is -5.04. The zero-order valence-corrected chi connectivity index (χ0v) is 23.3. The van der Waals surface area contributed by atoms with E-state index in [9.17, 15) is 14.7 Å². The molecule has 0 saturated carbocycles. The number of benzene rings is 4. The molecule has 0 heterocycles. The summed E-state index contributed by atoms with van der Waals surface area (Å²) in [7, 11) is 0. The molecule has 8 heteroatoms. The van der Waals surface area contributed by atoms with E-state index in [0.29, 0.717) is 37.1 Å². The van der Waals surface area contributed by atoms with Crippen LogP contribution in [0.1, 0.15) is 39.0 Å². The van der Waals surface area contributed by atoms with Crippen molar-refractivity contribution in [1.82, 2.24) is 5.32 Å². The molecule has 0 spiro atoms. The Bertz CT molecular complexity index is 1450. The van der Waals surface area contributed by atoms with Crippen molar-refractivity contribution in [1.29, 1.82) is 0 Å². The number of hydrogen-bond donors (Lipinski definition) is 4. The number of hydrogen-bond acceptors (Lipinski definition) is 6. The Morgan fingerprint density at radius 1 is 0.762 bits per heavy atom. The molecule has 0 radical (unpaired) electrons. The smallest absolute Gasteiger partial charge is 0.373 e. The van der Waals surface area contributed by atoms with Crippen LogP contribution in [0.2, 0.25) is 0 Å². The van der Waals surface area contributed by atoms with Crippen LogP contribution in [0.4, 0.5) is 5.69 Å². The number of anilines is 1. The molecule has 4 aromatic rings. The lowest BCUT2D eigenvalue weighted by Gasteiger charge is -2.16. The summed E-state index contributed by atoms with van der Waals surface area (Å²) in [4.78, 5) is 42.1. The normalized spacial score (nSPS) is 10.9. The topological polar surface area (TPSA) is 139 Å². The summed E-state index contributed by atoms with van der Waals surface area (Å²) in [5, 5.41) is 15.6. The predicted octanol–water partition coefficient (Wildman–Crippen LogP) is 4.47. The van der Waals surface area contributed by atoms with Crippen LogP contribution in [-0.4, -0.2) is 35.7 Å². The minimum Gasteiger partial charge on any atom is -0.508 e. The largest absolute Gasteiger partial charge is 0.508 e. The van der Waals surface area contributed by atoms with Gasteiger partial charge in [-0.25, -0.2) is 0 Å². The second-order valence-corrected chi connectivity index (χ2v) is 9.75. The maximum absolute atomic E-state index is 12.9. The molecule has 2 amide bonds. The minimum atomic E-state index is -0.704. The molecule has 216 valence electrons. The van der Waals surface area contributed by atoms with Gasteiger partial charge in [-0.15, -0.1) is 0 Å². The average molecular weight is 566 g/mol. The first-order valence-electron chi connectivity index (χ1n) is 13.7. The summed E-state index contributed by atoms with van der Waals surface area (Å²) in [5.74, 6) is -0.208. The van der Waals surface area contributed by atoms with Crippen LogP contribution < -0.4 is 16.4 Å². The van der Waals surface area contributed by atoms with E-state index in [0.717, 1.165) is 29.5 Å². The SMILES string of the molecule is N[C@@H](Cc1ccccc1)C(=O)Nc1ccc(C(=O)NCCCc2ccccc2)cc1CCc1ccc(O)cc1.O=C=O. The van der Waals surface area contributed by atoms with E-state index in [1.54, 1.807) is 24.3 Å². The van der Waals surface area contributed by atoms with Gasteiger partial charge in [-0.3, -0.25) is 9.59 Å². The monoisotopic (exact) mass is 565 g/mol. The van der Waals surface area contributed by atoms with E-state index >= 15 is 0 Å². The molecule has 1 atom stereocenters. The first-order chi connectivity index (χ1) is 20.4. The van der Waals surface area contributed by atoms with Crippen molar-refractivity contribution in [2.45, 2.75) is 38.1 Å². The summed E-state index contributed by atoms with van der Waals surface area (Å²) in [5.41, 5.74) is 11.5. The van der Waals surface area contributed by atoms with Crippen molar-refractivity contribution in [2.24, 2.45) is 5.73 Å². The Morgan fingerprint density at radius 2 is 1.36 bits per heavy atom. The van der Waals surface area contributed by atoms with Crippen molar-refractivity contribution < 1.29 is 24.3 Å². The molecule has 42 heavy (non-hydrogen) atoms. The number of aryl methyl sites for hydroxylation is 3. The second kappa shape index (κ2) is 16.9. The first kappa shape index (κ1) is 31.5. The lowest BCUT2D eigenvalue weighted by Crippen LogP contribution is -2.37. The van der Waals surface area contributed by atoms with Gasteiger partial charge >= 0.3 is 6.15 Å². The molecule has 0 aromatic heterocycles. The van der Waals surface area contributed by atoms with Crippen molar-refractivity contribution >= 4 is 23.7 Å². The summed E-state index contributed by atoms with van der Waals surface area (Å²) < 4.78 is 0. The Labute approximate surface area is 245 Å². The van der Waals surface area contributed by atoms with Gasteiger partial charge in [-0.2, -0.15) is 9.59 Å². The molecule has 0 aliphatic rings. The van der Waals surface area contributed by atoms with Gasteiger partial charge in [0.1, 0.15) is 5.75 Å². The maximum atomic E-state index is 12.9. The fraction of sp³-hybridized carbons (Fsp3) is 0.206. The highest BCUT2D eigenvalue weighted by atomic mass is 16.3. The summed E-state index contributed by atoms with van der Waals surface area (Å²) in [6, 6.07) is 31.5. The molecule has 4 aromatic carbocycles. The zero-order valence-electron chi connectivity index (χ0n) is 23.3. The van der Waals surface area contributed by atoms with Crippen LogP contribution in [0.15, 0.2) is 103 Å². The summed E-state index contributed by atoms with van der Waals surface area (Å²) in [6.07, 6.45) is 3.70. The molecule has 0 bridgehead atoms. The summed E-state index contributed by atoms with van der Waals surface area (Å²) in [6.45, 7) is 0.573. The lowest BCUT2D eigenvalue weighted by molar-refractivity contribution is -0.191. The van der Waals surface area contributed by atoms with E-state index in [1.165, 1.54) is 5.56 Å². The number of rotatable bonds is 12. The van der Waals surface area contributed by atoms with E-state index in [4.69, 9.17) is 15.3 Å². The van der Waals surface area contributed by atoms with Gasteiger partial charge < -0.3 is 21.5 Å². The molecule has 0 aliphatic carbocycles. The van der Waals surface area contributed by atoms with Crippen LogP contribution in [0.3, 0.4) is 0 Å². The van der Waals surface area contributed by atoms with Crippen LogP contribution in [0.5, 0.6) is 5.75 Å². The van der Waals surface area contributed by atoms with Crippen molar-refractivity contribution in [3.63, 3.8) is 0 Å². The molecule has 0 aliphatic heterocycles. The third kappa shape index (κ3) is 10.5. The number of amides is 2. The highest BCUT2D eigenvalue weighted by Gasteiger charge is 2.17. The maximum Gasteiger partial charge on any atom is 0.373 e. The van der Waals surface area contributed by atoms with Gasteiger partial charge in [-0.1, -0.05) is 72.8 Å². The van der Waals surface area contributed by atoms with Gasteiger partial charge in [0.05, 0.1) is 6.04 Å². The van der Waals surface area contributed by atoms with E-state index in [1.807, 2.05) is 66.7 Å². The van der Waals surface area contributed by atoms with Gasteiger partial charge in [0.15, 0.2) is 0 Å². The van der Waals surface area contributed by atoms with E-state index in [2.05, 4.69) is 22.8 Å². The van der Waals surface area contributed by atoms with Gasteiger partial charge in [0, 0.05) is 17.8 Å². The van der Waals surface area contributed by atoms with Gasteiger partial charge in [0.2, 0.25) is 5.91 Å². The number of nitrogens with two attached hydrogens (primary N) is 1. The molecule has 0 saturated heterocycles. The molecule has 0 unspecified atom stereocenters. The minimum absolute atomic E-state index is 0.146. The van der Waals surface area contributed by atoms with Crippen molar-refractivity contribution in [2.75, 3.05) is 11.9 Å². The van der Waals surface area contributed by atoms with Gasteiger partial charge in [-0.05, 0) is 84.7 Å².